The van der Waals surface area contributed by atoms with E-state index in [1.54, 1.807) is 4.90 Å². The summed E-state index contributed by atoms with van der Waals surface area (Å²) in [5.74, 6) is -0.126. The lowest BCUT2D eigenvalue weighted by Gasteiger charge is -2.35. The van der Waals surface area contributed by atoms with Gasteiger partial charge in [0.2, 0.25) is 0 Å². The lowest BCUT2D eigenvalue weighted by molar-refractivity contribution is -0.0585. The number of hydrogen-bond donors (Lipinski definition) is 1. The zero-order valence-electron chi connectivity index (χ0n) is 10.4. The molecule has 1 saturated heterocycles. The number of pyridine rings is 1. The molecule has 1 fully saturated rings. The molecule has 2 rings (SSSR count). The van der Waals surface area contributed by atoms with E-state index in [0.29, 0.717) is 24.3 Å². The van der Waals surface area contributed by atoms with Crippen molar-refractivity contribution in [3.8, 4) is 0 Å². The van der Waals surface area contributed by atoms with Crippen molar-refractivity contribution in [3.05, 3.63) is 23.0 Å². The zero-order valence-corrected chi connectivity index (χ0v) is 11.1. The number of carbonyl (C=O) groups excluding carboxylic acids is 1. The average Bonchev–Trinajstić information content (AvgIpc) is 2.30. The molecule has 1 aliphatic heterocycles. The van der Waals surface area contributed by atoms with Gasteiger partial charge < -0.3 is 15.4 Å². The van der Waals surface area contributed by atoms with E-state index in [-0.39, 0.29) is 23.3 Å². The van der Waals surface area contributed by atoms with Crippen LogP contribution in [0.1, 0.15) is 24.2 Å². The van der Waals surface area contributed by atoms with E-state index in [1.807, 2.05) is 13.8 Å². The molecule has 98 valence electrons. The maximum atomic E-state index is 12.4. The van der Waals surface area contributed by atoms with Crippen LogP contribution in [-0.4, -0.2) is 41.1 Å². The predicted octanol–water partition coefficient (Wildman–Crippen LogP) is 1.57. The van der Waals surface area contributed by atoms with E-state index in [4.69, 9.17) is 22.1 Å². The second-order valence-electron chi connectivity index (χ2n) is 4.56. The summed E-state index contributed by atoms with van der Waals surface area (Å²) in [5, 5.41) is 0.266. The SMILES string of the molecule is CC1CN(C(=O)c2cc(Cl)ncc2N)CC(C)O1. The third-order valence-electron chi connectivity index (χ3n) is 2.84. The Morgan fingerprint density at radius 1 is 1.50 bits per heavy atom. The van der Waals surface area contributed by atoms with E-state index in [2.05, 4.69) is 4.98 Å². The predicted molar refractivity (Wildman–Crippen MR) is 69.6 cm³/mol. The van der Waals surface area contributed by atoms with Crippen molar-refractivity contribution in [1.29, 1.82) is 0 Å². The quantitative estimate of drug-likeness (QED) is 0.786. The molecule has 5 nitrogen and oxygen atoms in total. The summed E-state index contributed by atoms with van der Waals surface area (Å²) in [4.78, 5) is 17.9. The lowest BCUT2D eigenvalue weighted by atomic mass is 10.1. The lowest BCUT2D eigenvalue weighted by Crippen LogP contribution is -2.48. The second-order valence-corrected chi connectivity index (χ2v) is 4.95. The Morgan fingerprint density at radius 2 is 2.11 bits per heavy atom. The zero-order chi connectivity index (χ0) is 13.3. The Kier molecular flexibility index (Phi) is 3.73. The van der Waals surface area contributed by atoms with Crippen LogP contribution in [0, 0.1) is 0 Å². The molecule has 1 aromatic rings. The van der Waals surface area contributed by atoms with Gasteiger partial charge in [0.1, 0.15) is 5.15 Å². The van der Waals surface area contributed by atoms with Crippen molar-refractivity contribution in [2.24, 2.45) is 0 Å². The first-order chi connectivity index (χ1) is 8.47. The largest absolute Gasteiger partial charge is 0.397 e. The van der Waals surface area contributed by atoms with Crippen molar-refractivity contribution in [2.75, 3.05) is 18.8 Å². The van der Waals surface area contributed by atoms with Gasteiger partial charge in [0.25, 0.3) is 5.91 Å². The minimum atomic E-state index is -0.126. The molecule has 0 radical (unpaired) electrons. The molecule has 1 aliphatic rings. The van der Waals surface area contributed by atoms with Crippen LogP contribution in [0.2, 0.25) is 5.15 Å². The summed E-state index contributed by atoms with van der Waals surface area (Å²) in [5.41, 5.74) is 6.51. The number of rotatable bonds is 1. The number of ether oxygens (including phenoxy) is 1. The number of nitrogens with zero attached hydrogens (tertiary/aromatic N) is 2. The van der Waals surface area contributed by atoms with Crippen molar-refractivity contribution in [1.82, 2.24) is 9.88 Å². The summed E-state index contributed by atoms with van der Waals surface area (Å²) in [6.07, 6.45) is 1.45. The first-order valence-corrected chi connectivity index (χ1v) is 6.21. The van der Waals surface area contributed by atoms with Gasteiger partial charge >= 0.3 is 0 Å². The fourth-order valence-corrected chi connectivity index (χ4v) is 2.30. The van der Waals surface area contributed by atoms with Crippen LogP contribution in [-0.2, 0) is 4.74 Å². The molecule has 2 heterocycles. The van der Waals surface area contributed by atoms with Crippen molar-refractivity contribution >= 4 is 23.2 Å². The van der Waals surface area contributed by atoms with Gasteiger partial charge in [-0.25, -0.2) is 4.98 Å². The number of carbonyl (C=O) groups is 1. The molecular formula is C12H16ClN3O2. The van der Waals surface area contributed by atoms with Crippen molar-refractivity contribution in [3.63, 3.8) is 0 Å². The highest BCUT2D eigenvalue weighted by Gasteiger charge is 2.27. The second kappa shape index (κ2) is 5.12. The number of halogens is 1. The van der Waals surface area contributed by atoms with Gasteiger partial charge in [-0.2, -0.15) is 0 Å². The summed E-state index contributed by atoms with van der Waals surface area (Å²) < 4.78 is 5.59. The van der Waals surface area contributed by atoms with Crippen LogP contribution in [0.5, 0.6) is 0 Å². The molecule has 0 bridgehead atoms. The number of nitrogen functional groups attached to an aromatic ring is 1. The highest BCUT2D eigenvalue weighted by Crippen LogP contribution is 2.20. The monoisotopic (exact) mass is 269 g/mol. The normalized spacial score (nSPS) is 24.1. The fraction of sp³-hybridized carbons (Fsp3) is 0.500. The van der Waals surface area contributed by atoms with Gasteiger partial charge in [0.05, 0.1) is 29.7 Å². The molecule has 6 heteroatoms. The van der Waals surface area contributed by atoms with Crippen LogP contribution in [0.3, 0.4) is 0 Å². The van der Waals surface area contributed by atoms with Crippen molar-refractivity contribution in [2.45, 2.75) is 26.1 Å². The molecule has 0 aliphatic carbocycles. The van der Waals surface area contributed by atoms with Crippen LogP contribution in [0.25, 0.3) is 0 Å². The molecule has 2 N–H and O–H groups in total. The molecule has 1 aromatic heterocycles. The van der Waals surface area contributed by atoms with E-state index in [9.17, 15) is 4.79 Å². The Labute approximate surface area is 111 Å². The summed E-state index contributed by atoms with van der Waals surface area (Å²) >= 11 is 5.80. The molecule has 0 spiro atoms. The minimum absolute atomic E-state index is 0.0243. The van der Waals surface area contributed by atoms with E-state index in [1.165, 1.54) is 12.3 Å². The Hall–Kier alpha value is -1.33. The number of aromatic nitrogens is 1. The van der Waals surface area contributed by atoms with Gasteiger partial charge in [0, 0.05) is 13.1 Å². The highest BCUT2D eigenvalue weighted by atomic mass is 35.5. The van der Waals surface area contributed by atoms with E-state index in [0.717, 1.165) is 0 Å². The standard InChI is InChI=1S/C12H16ClN3O2/c1-7-5-16(6-8(2)18-7)12(17)9-3-11(13)15-4-10(9)14/h3-4,7-8H,5-6,14H2,1-2H3. The number of nitrogens with two attached hydrogens (primary N) is 1. The van der Waals surface area contributed by atoms with Gasteiger partial charge in [-0.3, -0.25) is 4.79 Å². The average molecular weight is 270 g/mol. The number of amides is 1. The molecule has 0 saturated carbocycles. The van der Waals surface area contributed by atoms with Crippen LogP contribution in [0.15, 0.2) is 12.3 Å². The van der Waals surface area contributed by atoms with Gasteiger partial charge in [-0.05, 0) is 19.9 Å². The van der Waals surface area contributed by atoms with E-state index >= 15 is 0 Å². The molecule has 2 unspecified atom stereocenters. The van der Waals surface area contributed by atoms with Gasteiger partial charge in [0.15, 0.2) is 0 Å². The molecule has 1 amide bonds. The third-order valence-corrected chi connectivity index (χ3v) is 3.05. The maximum Gasteiger partial charge on any atom is 0.256 e. The van der Waals surface area contributed by atoms with Crippen LogP contribution >= 0.6 is 11.6 Å². The molecule has 18 heavy (non-hydrogen) atoms. The molecule has 0 aromatic carbocycles. The van der Waals surface area contributed by atoms with Gasteiger partial charge in [-0.1, -0.05) is 11.6 Å². The summed E-state index contributed by atoms with van der Waals surface area (Å²) in [6.45, 7) is 5.00. The Bertz CT molecular complexity index is 457. The summed E-state index contributed by atoms with van der Waals surface area (Å²) in [7, 11) is 0. The molecule has 2 atom stereocenters. The molecular weight excluding hydrogens is 254 g/mol. The highest BCUT2D eigenvalue weighted by molar-refractivity contribution is 6.29. The third kappa shape index (κ3) is 2.73. The Morgan fingerprint density at radius 3 is 2.72 bits per heavy atom. The minimum Gasteiger partial charge on any atom is -0.397 e. The number of hydrogen-bond acceptors (Lipinski definition) is 4. The van der Waals surface area contributed by atoms with Crippen LogP contribution in [0.4, 0.5) is 5.69 Å². The number of anilines is 1. The number of morpholine rings is 1. The maximum absolute atomic E-state index is 12.4. The van der Waals surface area contributed by atoms with Gasteiger partial charge in [-0.15, -0.1) is 0 Å². The van der Waals surface area contributed by atoms with Crippen molar-refractivity contribution < 1.29 is 9.53 Å². The van der Waals surface area contributed by atoms with Crippen LogP contribution < -0.4 is 5.73 Å². The smallest absolute Gasteiger partial charge is 0.256 e. The topological polar surface area (TPSA) is 68.5 Å². The fourth-order valence-electron chi connectivity index (χ4n) is 2.14. The first kappa shape index (κ1) is 13.1. The summed E-state index contributed by atoms with van der Waals surface area (Å²) in [6, 6.07) is 1.50. The first-order valence-electron chi connectivity index (χ1n) is 5.83. The van der Waals surface area contributed by atoms with E-state index < -0.39 is 0 Å². The Balaban J connectivity index is 2.22.